The second kappa shape index (κ2) is 8.95. The molecule has 0 aliphatic carbocycles. The van der Waals surface area contributed by atoms with Crippen LogP contribution in [-0.4, -0.2) is 38.1 Å². The van der Waals surface area contributed by atoms with Crippen molar-refractivity contribution in [3.63, 3.8) is 0 Å². The molecule has 178 valence electrons. The van der Waals surface area contributed by atoms with E-state index in [1.807, 2.05) is 48.7 Å². The van der Waals surface area contributed by atoms with Crippen molar-refractivity contribution in [3.8, 4) is 16.5 Å². The Bertz CT molecular complexity index is 1470. The molecule has 5 rings (SSSR count). The van der Waals surface area contributed by atoms with Gasteiger partial charge in [0.2, 0.25) is 17.8 Å². The fourth-order valence-corrected chi connectivity index (χ4v) is 4.67. The Balaban J connectivity index is 1.44. The number of nitrogens with one attached hydrogen (secondary N) is 2. The normalized spacial score (nSPS) is 15.6. The van der Waals surface area contributed by atoms with Crippen LogP contribution in [0.15, 0.2) is 52.6 Å². The summed E-state index contributed by atoms with van der Waals surface area (Å²) in [5, 5.41) is 9.45. The number of carbonyl (C=O) groups is 2. The second-order valence-corrected chi connectivity index (χ2v) is 9.58. The lowest BCUT2D eigenvalue weighted by Crippen LogP contribution is -2.29. The molecule has 35 heavy (non-hydrogen) atoms. The fraction of sp³-hybridized carbons (Fsp3) is 0.240. The predicted molar refractivity (Wildman–Crippen MR) is 135 cm³/mol. The van der Waals surface area contributed by atoms with Gasteiger partial charge in [-0.25, -0.2) is 4.98 Å². The first kappa shape index (κ1) is 22.7. The van der Waals surface area contributed by atoms with E-state index in [1.54, 1.807) is 24.8 Å². The molecule has 2 N–H and O–H groups in total. The Hall–Kier alpha value is -4.05. The molecule has 2 amide bonds. The molecule has 1 aliphatic rings. The van der Waals surface area contributed by atoms with Gasteiger partial charge < -0.3 is 10.2 Å². The number of aromatic amines is 1. The smallest absolute Gasteiger partial charge is 0.255 e. The van der Waals surface area contributed by atoms with E-state index in [0.717, 1.165) is 16.1 Å². The number of anilines is 2. The second-order valence-electron chi connectivity index (χ2n) is 8.63. The fourth-order valence-electron chi connectivity index (χ4n) is 3.99. The van der Waals surface area contributed by atoms with E-state index < -0.39 is 5.92 Å². The third-order valence-corrected chi connectivity index (χ3v) is 7.05. The summed E-state index contributed by atoms with van der Waals surface area (Å²) in [6.45, 7) is 5.72. The van der Waals surface area contributed by atoms with Gasteiger partial charge in [0, 0.05) is 36.0 Å². The molecular weight excluding hydrogens is 464 g/mol. The van der Waals surface area contributed by atoms with Gasteiger partial charge in [0.05, 0.1) is 10.8 Å². The van der Waals surface area contributed by atoms with Gasteiger partial charge in [-0.05, 0) is 44.4 Å². The molecule has 0 unspecified atom stereocenters. The zero-order valence-corrected chi connectivity index (χ0v) is 20.3. The standard InChI is InChI=1S/C25H24N6O3S/c1-14-6-8-18(9-7-14)30-13-17(11-22(30)32)24(34)27-21-12-19(20-5-4-10-35-20)29-31(21)25-26-16(3)15(2)23(33)28-25/h4-10,12,17H,11,13H2,1-3H3,(H,27,34)(H,26,28,33)/t17-/m1/s1. The summed E-state index contributed by atoms with van der Waals surface area (Å²) in [5.41, 5.74) is 3.34. The number of rotatable bonds is 5. The van der Waals surface area contributed by atoms with Crippen molar-refractivity contribution in [2.75, 3.05) is 16.8 Å². The number of thiophene rings is 1. The average molecular weight is 489 g/mol. The van der Waals surface area contributed by atoms with Gasteiger partial charge in [-0.1, -0.05) is 23.8 Å². The van der Waals surface area contributed by atoms with Crippen molar-refractivity contribution in [2.24, 2.45) is 5.92 Å². The number of carbonyl (C=O) groups excluding carboxylic acids is 2. The lowest BCUT2D eigenvalue weighted by atomic mass is 10.1. The number of amides is 2. The topological polar surface area (TPSA) is 113 Å². The molecule has 1 fully saturated rings. The molecule has 3 aromatic heterocycles. The van der Waals surface area contributed by atoms with Crippen molar-refractivity contribution in [1.29, 1.82) is 0 Å². The van der Waals surface area contributed by atoms with Crippen molar-refractivity contribution in [3.05, 3.63) is 75.0 Å². The van der Waals surface area contributed by atoms with E-state index in [0.29, 0.717) is 29.3 Å². The van der Waals surface area contributed by atoms with Crippen LogP contribution in [0.3, 0.4) is 0 Å². The lowest BCUT2D eigenvalue weighted by Gasteiger charge is -2.17. The maximum atomic E-state index is 13.2. The van der Waals surface area contributed by atoms with Gasteiger partial charge in [0.25, 0.3) is 5.56 Å². The number of aryl methyl sites for hydroxylation is 2. The zero-order valence-electron chi connectivity index (χ0n) is 19.5. The number of benzene rings is 1. The van der Waals surface area contributed by atoms with E-state index in [4.69, 9.17) is 0 Å². The number of hydrogen-bond acceptors (Lipinski definition) is 6. The Morgan fingerprint density at radius 3 is 2.60 bits per heavy atom. The van der Waals surface area contributed by atoms with Crippen LogP contribution in [0.2, 0.25) is 0 Å². The van der Waals surface area contributed by atoms with Crippen LogP contribution in [0, 0.1) is 26.7 Å². The van der Waals surface area contributed by atoms with Gasteiger partial charge in [-0.15, -0.1) is 11.3 Å². The predicted octanol–water partition coefficient (Wildman–Crippen LogP) is 3.60. The van der Waals surface area contributed by atoms with Crippen LogP contribution >= 0.6 is 11.3 Å². The number of nitrogens with zero attached hydrogens (tertiary/aromatic N) is 4. The molecule has 0 spiro atoms. The van der Waals surface area contributed by atoms with Crippen LogP contribution in [0.1, 0.15) is 23.2 Å². The molecule has 1 atom stereocenters. The largest absolute Gasteiger partial charge is 0.312 e. The minimum absolute atomic E-state index is 0.0954. The van der Waals surface area contributed by atoms with E-state index in [-0.39, 0.29) is 29.7 Å². The Labute approximate surface area is 205 Å². The van der Waals surface area contributed by atoms with Crippen LogP contribution in [0.25, 0.3) is 16.5 Å². The SMILES string of the molecule is Cc1ccc(N2C[C@H](C(=O)Nc3cc(-c4cccs4)nn3-c3nc(C)c(C)c(=O)[nH]3)CC2=O)cc1. The third-order valence-electron chi connectivity index (χ3n) is 6.16. The summed E-state index contributed by atoms with van der Waals surface area (Å²) >= 11 is 1.51. The molecule has 4 heterocycles. The quantitative estimate of drug-likeness (QED) is 0.446. The maximum Gasteiger partial charge on any atom is 0.255 e. The zero-order chi connectivity index (χ0) is 24.7. The Morgan fingerprint density at radius 2 is 1.91 bits per heavy atom. The monoisotopic (exact) mass is 488 g/mol. The summed E-state index contributed by atoms with van der Waals surface area (Å²) in [6.07, 6.45) is 0.115. The molecule has 9 nitrogen and oxygen atoms in total. The maximum absolute atomic E-state index is 13.2. The highest BCUT2D eigenvalue weighted by Gasteiger charge is 2.35. The van der Waals surface area contributed by atoms with Gasteiger partial charge in [-0.3, -0.25) is 19.4 Å². The molecule has 1 aromatic carbocycles. The van der Waals surface area contributed by atoms with E-state index >= 15 is 0 Å². The van der Waals surface area contributed by atoms with Crippen molar-refractivity contribution < 1.29 is 9.59 Å². The van der Waals surface area contributed by atoms with E-state index in [2.05, 4.69) is 20.4 Å². The summed E-state index contributed by atoms with van der Waals surface area (Å²) in [6, 6.07) is 13.2. The van der Waals surface area contributed by atoms with Crippen LogP contribution < -0.4 is 15.8 Å². The molecule has 0 radical (unpaired) electrons. The van der Waals surface area contributed by atoms with E-state index in [1.165, 1.54) is 16.0 Å². The first-order valence-corrected chi connectivity index (χ1v) is 12.1. The highest BCUT2D eigenvalue weighted by atomic mass is 32.1. The van der Waals surface area contributed by atoms with E-state index in [9.17, 15) is 14.4 Å². The number of aromatic nitrogens is 4. The molecule has 1 saturated heterocycles. The molecular formula is C25H24N6O3S. The summed E-state index contributed by atoms with van der Waals surface area (Å²) < 4.78 is 1.43. The number of H-pyrrole nitrogens is 1. The van der Waals surface area contributed by atoms with Crippen LogP contribution in [0.5, 0.6) is 0 Å². The molecule has 1 aliphatic heterocycles. The molecule has 4 aromatic rings. The highest BCUT2D eigenvalue weighted by molar-refractivity contribution is 7.13. The number of hydrogen-bond donors (Lipinski definition) is 2. The Morgan fingerprint density at radius 1 is 1.14 bits per heavy atom. The minimum atomic E-state index is -0.524. The van der Waals surface area contributed by atoms with Crippen LogP contribution in [0.4, 0.5) is 11.5 Å². The summed E-state index contributed by atoms with van der Waals surface area (Å²) in [7, 11) is 0. The van der Waals surface area contributed by atoms with Gasteiger partial charge >= 0.3 is 0 Å². The first-order chi connectivity index (χ1) is 16.8. The van der Waals surface area contributed by atoms with Crippen LogP contribution in [-0.2, 0) is 9.59 Å². The summed E-state index contributed by atoms with van der Waals surface area (Å²) in [4.78, 5) is 48.0. The van der Waals surface area contributed by atoms with Crippen molar-refractivity contribution >= 4 is 34.7 Å². The lowest BCUT2D eigenvalue weighted by molar-refractivity contribution is -0.122. The summed E-state index contributed by atoms with van der Waals surface area (Å²) in [5.74, 6) is -0.338. The minimum Gasteiger partial charge on any atom is -0.312 e. The van der Waals surface area contributed by atoms with Crippen molar-refractivity contribution in [1.82, 2.24) is 19.7 Å². The Kier molecular flexibility index (Phi) is 5.81. The van der Waals surface area contributed by atoms with Gasteiger partial charge in [0.15, 0.2) is 0 Å². The molecule has 0 bridgehead atoms. The molecule has 0 saturated carbocycles. The van der Waals surface area contributed by atoms with Gasteiger partial charge in [0.1, 0.15) is 11.5 Å². The highest BCUT2D eigenvalue weighted by Crippen LogP contribution is 2.29. The first-order valence-electron chi connectivity index (χ1n) is 11.2. The molecule has 10 heteroatoms. The third kappa shape index (κ3) is 4.40. The van der Waals surface area contributed by atoms with Crippen molar-refractivity contribution in [2.45, 2.75) is 27.2 Å². The average Bonchev–Trinajstić information content (AvgIpc) is 3.58. The van der Waals surface area contributed by atoms with Gasteiger partial charge in [-0.2, -0.15) is 9.78 Å².